The first kappa shape index (κ1) is 11.6. The number of benzene rings is 1. The molecule has 2 aromatic rings. The maximum absolute atomic E-state index is 5.98. The van der Waals surface area contributed by atoms with Crippen molar-refractivity contribution in [3.63, 3.8) is 0 Å². The number of hydrogen-bond donors (Lipinski definition) is 1. The molecule has 1 aromatic carbocycles. The van der Waals surface area contributed by atoms with E-state index in [1.807, 2.05) is 30.3 Å². The molecule has 0 spiro atoms. The van der Waals surface area contributed by atoms with Gasteiger partial charge in [0.25, 0.3) is 0 Å². The largest absolute Gasteiger partial charge is 0.308 e. The fourth-order valence-corrected chi connectivity index (χ4v) is 1.99. The molecule has 1 aliphatic carbocycles. The van der Waals surface area contributed by atoms with E-state index in [1.54, 1.807) is 6.20 Å². The minimum Gasteiger partial charge on any atom is -0.308 e. The topological polar surface area (TPSA) is 37.8 Å². The van der Waals surface area contributed by atoms with Crippen molar-refractivity contribution < 1.29 is 0 Å². The zero-order valence-corrected chi connectivity index (χ0v) is 10.7. The molecule has 92 valence electrons. The zero-order chi connectivity index (χ0) is 12.4. The molecule has 3 rings (SSSR count). The Bertz CT molecular complexity index is 552. The van der Waals surface area contributed by atoms with E-state index in [9.17, 15) is 0 Å². The van der Waals surface area contributed by atoms with Crippen LogP contribution < -0.4 is 5.32 Å². The predicted molar refractivity (Wildman–Crippen MR) is 72.3 cm³/mol. The van der Waals surface area contributed by atoms with E-state index >= 15 is 0 Å². The van der Waals surface area contributed by atoms with Gasteiger partial charge in [-0.2, -0.15) is 0 Å². The van der Waals surface area contributed by atoms with Crippen LogP contribution >= 0.6 is 11.6 Å². The highest BCUT2D eigenvalue weighted by molar-refractivity contribution is 6.30. The molecule has 0 radical (unpaired) electrons. The van der Waals surface area contributed by atoms with Crippen molar-refractivity contribution in [3.05, 3.63) is 47.2 Å². The molecule has 0 unspecified atom stereocenters. The van der Waals surface area contributed by atoms with Crippen molar-refractivity contribution in [1.29, 1.82) is 0 Å². The average molecular weight is 260 g/mol. The number of rotatable bonds is 4. The van der Waals surface area contributed by atoms with Crippen molar-refractivity contribution in [1.82, 2.24) is 15.3 Å². The monoisotopic (exact) mass is 259 g/mol. The first-order valence-electron chi connectivity index (χ1n) is 6.12. The third-order valence-electron chi connectivity index (χ3n) is 2.95. The minimum atomic E-state index is 0.689. The van der Waals surface area contributed by atoms with E-state index in [0.29, 0.717) is 11.1 Å². The van der Waals surface area contributed by atoms with Crippen LogP contribution in [0.5, 0.6) is 0 Å². The Kier molecular flexibility index (Phi) is 3.26. The molecular weight excluding hydrogens is 246 g/mol. The van der Waals surface area contributed by atoms with Gasteiger partial charge in [-0.25, -0.2) is 9.97 Å². The second-order valence-corrected chi connectivity index (χ2v) is 4.97. The quantitative estimate of drug-likeness (QED) is 0.917. The summed E-state index contributed by atoms with van der Waals surface area (Å²) in [6, 6.07) is 10.3. The summed E-state index contributed by atoms with van der Waals surface area (Å²) in [6.45, 7) is 0.806. The second-order valence-electron chi connectivity index (χ2n) is 4.54. The smallest absolute Gasteiger partial charge is 0.159 e. The van der Waals surface area contributed by atoms with E-state index in [2.05, 4.69) is 15.3 Å². The van der Waals surface area contributed by atoms with Gasteiger partial charge in [0.05, 0.1) is 5.69 Å². The number of halogens is 1. The first-order chi connectivity index (χ1) is 8.81. The van der Waals surface area contributed by atoms with Crippen molar-refractivity contribution in [3.8, 4) is 11.4 Å². The highest BCUT2D eigenvalue weighted by Crippen LogP contribution is 2.21. The third-order valence-corrected chi connectivity index (χ3v) is 3.18. The molecule has 0 bridgehead atoms. The first-order valence-corrected chi connectivity index (χ1v) is 6.50. The van der Waals surface area contributed by atoms with Crippen molar-refractivity contribution in [2.24, 2.45) is 0 Å². The standard InChI is InChI=1S/C14H14ClN3/c15-11-3-1-2-10(8-11)14-16-7-6-13(18-14)9-17-12-4-5-12/h1-3,6-8,12,17H,4-5,9H2. The van der Waals surface area contributed by atoms with Crippen LogP contribution in [0.2, 0.25) is 5.02 Å². The molecular formula is C14H14ClN3. The Morgan fingerprint density at radius 3 is 2.94 bits per heavy atom. The summed E-state index contributed by atoms with van der Waals surface area (Å²) in [4.78, 5) is 8.85. The molecule has 18 heavy (non-hydrogen) atoms. The summed E-state index contributed by atoms with van der Waals surface area (Å²) in [5.41, 5.74) is 1.97. The molecule has 1 aromatic heterocycles. The second kappa shape index (κ2) is 5.04. The normalized spacial score (nSPS) is 14.7. The number of nitrogens with zero attached hydrogens (tertiary/aromatic N) is 2. The van der Waals surface area contributed by atoms with Crippen molar-refractivity contribution >= 4 is 11.6 Å². The van der Waals surface area contributed by atoms with Gasteiger partial charge in [-0.15, -0.1) is 0 Å². The summed E-state index contributed by atoms with van der Waals surface area (Å²) in [7, 11) is 0. The molecule has 1 saturated carbocycles. The van der Waals surface area contributed by atoms with E-state index in [0.717, 1.165) is 23.6 Å². The van der Waals surface area contributed by atoms with Gasteiger partial charge in [0.2, 0.25) is 0 Å². The Hall–Kier alpha value is -1.45. The fourth-order valence-electron chi connectivity index (χ4n) is 1.80. The van der Waals surface area contributed by atoms with Gasteiger partial charge in [0.1, 0.15) is 0 Å². The molecule has 1 aliphatic rings. The number of nitrogens with one attached hydrogen (secondary N) is 1. The van der Waals surface area contributed by atoms with Gasteiger partial charge in [-0.05, 0) is 31.0 Å². The summed E-state index contributed by atoms with van der Waals surface area (Å²) in [6.07, 6.45) is 4.37. The molecule has 0 amide bonds. The fraction of sp³-hybridized carbons (Fsp3) is 0.286. The lowest BCUT2D eigenvalue weighted by molar-refractivity contribution is 0.673. The van der Waals surface area contributed by atoms with Crippen LogP contribution in [0.15, 0.2) is 36.5 Å². The summed E-state index contributed by atoms with van der Waals surface area (Å²) in [5.74, 6) is 0.729. The van der Waals surface area contributed by atoms with Crippen LogP contribution in [0.4, 0.5) is 0 Å². The Morgan fingerprint density at radius 2 is 2.17 bits per heavy atom. The third kappa shape index (κ3) is 2.86. The van der Waals surface area contributed by atoms with E-state index in [-0.39, 0.29) is 0 Å². The molecule has 3 nitrogen and oxygen atoms in total. The van der Waals surface area contributed by atoms with Crippen LogP contribution in [0.25, 0.3) is 11.4 Å². The molecule has 1 N–H and O–H groups in total. The molecule has 1 heterocycles. The predicted octanol–water partition coefficient (Wildman–Crippen LogP) is 3.05. The SMILES string of the molecule is Clc1cccc(-c2nccc(CNC3CC3)n2)c1. The molecule has 4 heteroatoms. The lowest BCUT2D eigenvalue weighted by Crippen LogP contribution is -2.16. The summed E-state index contributed by atoms with van der Waals surface area (Å²) in [5, 5.41) is 4.15. The average Bonchev–Trinajstić information content (AvgIpc) is 3.21. The Morgan fingerprint density at radius 1 is 1.28 bits per heavy atom. The van der Waals surface area contributed by atoms with Gasteiger partial charge in [0.15, 0.2) is 5.82 Å². The van der Waals surface area contributed by atoms with E-state index in [4.69, 9.17) is 11.6 Å². The highest BCUT2D eigenvalue weighted by Gasteiger charge is 2.20. The Balaban J connectivity index is 1.80. The molecule has 0 atom stereocenters. The van der Waals surface area contributed by atoms with Crippen LogP contribution in [0.3, 0.4) is 0 Å². The van der Waals surface area contributed by atoms with Gasteiger partial charge in [-0.3, -0.25) is 0 Å². The number of hydrogen-bond acceptors (Lipinski definition) is 3. The zero-order valence-electron chi connectivity index (χ0n) is 9.94. The molecule has 1 fully saturated rings. The van der Waals surface area contributed by atoms with Gasteiger partial charge in [0, 0.05) is 29.4 Å². The maximum Gasteiger partial charge on any atom is 0.159 e. The van der Waals surface area contributed by atoms with Crippen LogP contribution in [-0.2, 0) is 6.54 Å². The minimum absolute atomic E-state index is 0.689. The Labute approximate surface area is 111 Å². The van der Waals surface area contributed by atoms with E-state index in [1.165, 1.54) is 12.8 Å². The van der Waals surface area contributed by atoms with Gasteiger partial charge < -0.3 is 5.32 Å². The molecule has 0 aliphatic heterocycles. The van der Waals surface area contributed by atoms with Crippen molar-refractivity contribution in [2.75, 3.05) is 0 Å². The van der Waals surface area contributed by atoms with Crippen LogP contribution in [-0.4, -0.2) is 16.0 Å². The van der Waals surface area contributed by atoms with Crippen LogP contribution in [0, 0.1) is 0 Å². The lowest BCUT2D eigenvalue weighted by Gasteiger charge is -2.05. The van der Waals surface area contributed by atoms with Crippen LogP contribution in [0.1, 0.15) is 18.5 Å². The summed E-state index contributed by atoms with van der Waals surface area (Å²) < 4.78 is 0. The maximum atomic E-state index is 5.98. The highest BCUT2D eigenvalue weighted by atomic mass is 35.5. The lowest BCUT2D eigenvalue weighted by atomic mass is 10.2. The molecule has 0 saturated heterocycles. The van der Waals surface area contributed by atoms with Crippen molar-refractivity contribution in [2.45, 2.75) is 25.4 Å². The summed E-state index contributed by atoms with van der Waals surface area (Å²) >= 11 is 5.98. The van der Waals surface area contributed by atoms with Gasteiger partial charge >= 0.3 is 0 Å². The number of aromatic nitrogens is 2. The van der Waals surface area contributed by atoms with Gasteiger partial charge in [-0.1, -0.05) is 23.7 Å². The van der Waals surface area contributed by atoms with E-state index < -0.39 is 0 Å².